The van der Waals surface area contributed by atoms with E-state index in [1.54, 1.807) is 0 Å². The molecule has 22 heavy (non-hydrogen) atoms. The van der Waals surface area contributed by atoms with Crippen molar-refractivity contribution in [3.63, 3.8) is 0 Å². The fourth-order valence-electron chi connectivity index (χ4n) is 3.22. The number of nitrogens with zero attached hydrogens (tertiary/aromatic N) is 2. The van der Waals surface area contributed by atoms with Crippen LogP contribution in [0.25, 0.3) is 0 Å². The summed E-state index contributed by atoms with van der Waals surface area (Å²) in [5.74, 6) is 2.01. The van der Waals surface area contributed by atoms with E-state index < -0.39 is 5.60 Å². The Morgan fingerprint density at radius 1 is 1.32 bits per heavy atom. The maximum Gasteiger partial charge on any atom is 0.194 e. The quantitative estimate of drug-likeness (QED) is 0.602. The van der Waals surface area contributed by atoms with Gasteiger partial charge in [-0.15, -0.1) is 0 Å². The van der Waals surface area contributed by atoms with E-state index in [4.69, 9.17) is 4.99 Å². The molecule has 0 amide bonds. The van der Waals surface area contributed by atoms with Crippen LogP contribution in [0.2, 0.25) is 0 Å². The highest BCUT2D eigenvalue weighted by molar-refractivity contribution is 8.00. The minimum Gasteiger partial charge on any atom is -0.387 e. The Hall–Kier alpha value is -0.420. The normalized spacial score (nSPS) is 33.1. The van der Waals surface area contributed by atoms with E-state index in [1.165, 1.54) is 0 Å². The third-order valence-corrected chi connectivity index (χ3v) is 7.19. The number of aliphatic hydroxyl groups is 1. The molecule has 2 aliphatic rings. The Balaban J connectivity index is 2.06. The van der Waals surface area contributed by atoms with Crippen molar-refractivity contribution in [3.8, 4) is 0 Å². The second kappa shape index (κ2) is 6.23. The molecule has 1 saturated heterocycles. The Bertz CT molecular complexity index is 436. The summed E-state index contributed by atoms with van der Waals surface area (Å²) in [7, 11) is 0. The van der Waals surface area contributed by atoms with Gasteiger partial charge in [0.2, 0.25) is 0 Å². The van der Waals surface area contributed by atoms with E-state index in [2.05, 4.69) is 51.8 Å². The van der Waals surface area contributed by atoms with Crippen LogP contribution >= 0.6 is 11.8 Å². The number of thioether (sulfide) groups is 1. The molecule has 1 saturated carbocycles. The molecule has 2 N–H and O–H groups in total. The number of aliphatic imine (C=N–C) groups is 1. The molecule has 2 atom stereocenters. The lowest BCUT2D eigenvalue weighted by atomic mass is 9.65. The zero-order valence-corrected chi connectivity index (χ0v) is 15.9. The van der Waals surface area contributed by atoms with Crippen LogP contribution in [-0.4, -0.2) is 57.7 Å². The van der Waals surface area contributed by atoms with Gasteiger partial charge in [0.25, 0.3) is 0 Å². The molecule has 1 aliphatic heterocycles. The molecule has 1 aliphatic carbocycles. The number of hydrogen-bond acceptors (Lipinski definition) is 3. The Kier molecular flexibility index (Phi) is 5.08. The van der Waals surface area contributed by atoms with Gasteiger partial charge in [-0.2, -0.15) is 11.8 Å². The molecule has 2 rings (SSSR count). The van der Waals surface area contributed by atoms with Crippen molar-refractivity contribution in [2.75, 3.05) is 25.4 Å². The van der Waals surface area contributed by atoms with Gasteiger partial charge in [-0.25, -0.2) is 0 Å². The Morgan fingerprint density at radius 2 is 2.00 bits per heavy atom. The molecule has 5 heteroatoms. The lowest BCUT2D eigenvalue weighted by Gasteiger charge is -2.62. The van der Waals surface area contributed by atoms with Gasteiger partial charge in [0, 0.05) is 29.3 Å². The topological polar surface area (TPSA) is 47.9 Å². The average Bonchev–Trinajstić information content (AvgIpc) is 2.45. The lowest BCUT2D eigenvalue weighted by Crippen LogP contribution is -2.72. The van der Waals surface area contributed by atoms with E-state index in [0.29, 0.717) is 11.8 Å². The number of nitrogens with one attached hydrogen (secondary N) is 1. The van der Waals surface area contributed by atoms with Crippen molar-refractivity contribution >= 4 is 17.7 Å². The number of likely N-dealkylation sites (tertiary alicyclic amines) is 1. The van der Waals surface area contributed by atoms with Crippen molar-refractivity contribution in [2.45, 2.75) is 70.8 Å². The van der Waals surface area contributed by atoms with Crippen LogP contribution in [0.4, 0.5) is 0 Å². The molecule has 0 aromatic carbocycles. The zero-order chi connectivity index (χ0) is 16.6. The van der Waals surface area contributed by atoms with Gasteiger partial charge >= 0.3 is 0 Å². The van der Waals surface area contributed by atoms with Crippen molar-refractivity contribution in [2.24, 2.45) is 10.4 Å². The monoisotopic (exact) mass is 327 g/mol. The van der Waals surface area contributed by atoms with E-state index in [1.807, 2.05) is 11.8 Å². The molecule has 4 nitrogen and oxygen atoms in total. The Labute approximate surface area is 140 Å². The molecule has 0 radical (unpaired) electrons. The first-order valence-electron chi connectivity index (χ1n) is 8.58. The summed E-state index contributed by atoms with van der Waals surface area (Å²) in [6, 6.07) is 0. The summed E-state index contributed by atoms with van der Waals surface area (Å²) in [6.45, 7) is 15.8. The minimum absolute atomic E-state index is 0.0911. The number of hydrogen-bond donors (Lipinski definition) is 2. The van der Waals surface area contributed by atoms with Crippen molar-refractivity contribution in [1.29, 1.82) is 0 Å². The second-order valence-corrected chi connectivity index (χ2v) is 9.27. The van der Waals surface area contributed by atoms with Gasteiger partial charge in [-0.3, -0.25) is 4.99 Å². The van der Waals surface area contributed by atoms with Crippen LogP contribution in [0.1, 0.15) is 54.4 Å². The van der Waals surface area contributed by atoms with Gasteiger partial charge < -0.3 is 15.3 Å². The van der Waals surface area contributed by atoms with Crippen LogP contribution in [0.15, 0.2) is 4.99 Å². The first kappa shape index (κ1) is 17.9. The highest BCUT2D eigenvalue weighted by Crippen LogP contribution is 2.46. The molecule has 0 aromatic rings. The van der Waals surface area contributed by atoms with E-state index >= 15 is 0 Å². The summed E-state index contributed by atoms with van der Waals surface area (Å²) >= 11 is 1.86. The third kappa shape index (κ3) is 2.99. The van der Waals surface area contributed by atoms with Crippen LogP contribution in [0.5, 0.6) is 0 Å². The van der Waals surface area contributed by atoms with Crippen LogP contribution in [0, 0.1) is 5.41 Å². The van der Waals surface area contributed by atoms with Gasteiger partial charge in [0.1, 0.15) is 0 Å². The van der Waals surface area contributed by atoms with Gasteiger partial charge in [-0.1, -0.05) is 20.8 Å². The predicted molar refractivity (Wildman–Crippen MR) is 96.6 cm³/mol. The predicted octanol–water partition coefficient (Wildman–Crippen LogP) is 2.72. The molecule has 0 spiro atoms. The van der Waals surface area contributed by atoms with E-state index in [-0.39, 0.29) is 11.0 Å². The summed E-state index contributed by atoms with van der Waals surface area (Å²) in [5.41, 5.74) is -0.225. The number of guanidine groups is 1. The van der Waals surface area contributed by atoms with Crippen molar-refractivity contribution < 1.29 is 5.11 Å². The average molecular weight is 328 g/mol. The summed E-state index contributed by atoms with van der Waals surface area (Å²) < 4.78 is 0. The largest absolute Gasteiger partial charge is 0.387 e. The van der Waals surface area contributed by atoms with Crippen LogP contribution in [-0.2, 0) is 0 Å². The van der Waals surface area contributed by atoms with Crippen molar-refractivity contribution in [3.05, 3.63) is 0 Å². The maximum atomic E-state index is 10.7. The third-order valence-electron chi connectivity index (χ3n) is 5.78. The smallest absolute Gasteiger partial charge is 0.194 e. The SMILES string of the molecule is CCNC(=NCC1(O)CCC1SCC)N1CC(C)(C)C1(C)C. The molecule has 1 heterocycles. The van der Waals surface area contributed by atoms with Gasteiger partial charge in [0.05, 0.1) is 12.1 Å². The highest BCUT2D eigenvalue weighted by atomic mass is 32.2. The summed E-state index contributed by atoms with van der Waals surface area (Å²) in [5, 5.41) is 14.5. The van der Waals surface area contributed by atoms with E-state index in [0.717, 1.165) is 37.6 Å². The highest BCUT2D eigenvalue weighted by Gasteiger charge is 2.54. The fraction of sp³-hybridized carbons (Fsp3) is 0.941. The molecular formula is C17H33N3OS. The van der Waals surface area contributed by atoms with Crippen molar-refractivity contribution in [1.82, 2.24) is 10.2 Å². The number of rotatable bonds is 5. The molecule has 2 unspecified atom stereocenters. The molecule has 0 bridgehead atoms. The lowest BCUT2D eigenvalue weighted by molar-refractivity contribution is -0.0677. The first-order chi connectivity index (χ1) is 10.2. The zero-order valence-electron chi connectivity index (χ0n) is 15.1. The fourth-order valence-corrected chi connectivity index (χ4v) is 4.41. The molecule has 2 fully saturated rings. The molecular weight excluding hydrogens is 294 g/mol. The Morgan fingerprint density at radius 3 is 2.41 bits per heavy atom. The maximum absolute atomic E-state index is 10.7. The van der Waals surface area contributed by atoms with Crippen LogP contribution in [0.3, 0.4) is 0 Å². The summed E-state index contributed by atoms with van der Waals surface area (Å²) in [4.78, 5) is 7.14. The first-order valence-corrected chi connectivity index (χ1v) is 9.63. The van der Waals surface area contributed by atoms with E-state index in [9.17, 15) is 5.11 Å². The minimum atomic E-state index is -0.605. The van der Waals surface area contributed by atoms with Gasteiger partial charge in [0.15, 0.2) is 5.96 Å². The van der Waals surface area contributed by atoms with Gasteiger partial charge in [-0.05, 0) is 39.4 Å². The molecule has 0 aromatic heterocycles. The van der Waals surface area contributed by atoms with Crippen LogP contribution < -0.4 is 5.32 Å². The summed E-state index contributed by atoms with van der Waals surface area (Å²) in [6.07, 6.45) is 1.99. The standard InChI is InChI=1S/C17H33N3OS/c1-7-18-14(20-12-15(3,4)16(20,5)6)19-11-17(21)10-9-13(17)22-8-2/h13,21H,7-12H2,1-6H3,(H,18,19). The molecule has 128 valence electrons. The second-order valence-electron chi connectivity index (χ2n) is 7.79.